The standard InChI is InChI=1S/C27H18F2N4O4S3/c28-20-6-3-15(8-21(20)29)16-7-19(39-12-16)10-23-25(35)33(27(38)40-23)22(9-18-11-30-13-31-18)24(34)32-17-4-1-14(2-5-17)26(36)37/h1-8,10-13,22H,9H2,(H,30,31)(H,32,34)(H,36,37)/t22-/m0/s1. The number of aromatic amines is 1. The number of nitrogens with one attached hydrogen (secondary N) is 2. The van der Waals surface area contributed by atoms with Crippen LogP contribution in [0, 0.1) is 11.6 Å². The van der Waals surface area contributed by atoms with Crippen molar-refractivity contribution in [2.45, 2.75) is 12.5 Å². The Morgan fingerprint density at radius 2 is 1.90 bits per heavy atom. The molecule has 40 heavy (non-hydrogen) atoms. The Morgan fingerprint density at radius 3 is 2.58 bits per heavy atom. The third kappa shape index (κ3) is 5.86. The summed E-state index contributed by atoms with van der Waals surface area (Å²) in [7, 11) is 0. The summed E-state index contributed by atoms with van der Waals surface area (Å²) in [5.41, 5.74) is 2.18. The topological polar surface area (TPSA) is 115 Å². The lowest BCUT2D eigenvalue weighted by Gasteiger charge is -2.25. The molecule has 0 bridgehead atoms. The Labute approximate surface area is 239 Å². The zero-order valence-electron chi connectivity index (χ0n) is 20.3. The molecule has 8 nitrogen and oxygen atoms in total. The van der Waals surface area contributed by atoms with Gasteiger partial charge in [0.15, 0.2) is 11.6 Å². The van der Waals surface area contributed by atoms with Crippen LogP contribution in [0.15, 0.2) is 71.3 Å². The van der Waals surface area contributed by atoms with E-state index in [0.29, 0.717) is 32.3 Å². The number of aromatic carboxylic acids is 1. The number of amides is 2. The lowest BCUT2D eigenvalue weighted by atomic mass is 10.1. The van der Waals surface area contributed by atoms with Crippen molar-refractivity contribution in [3.8, 4) is 11.1 Å². The van der Waals surface area contributed by atoms with E-state index in [-0.39, 0.29) is 16.3 Å². The highest BCUT2D eigenvalue weighted by Gasteiger charge is 2.40. The molecule has 0 aliphatic carbocycles. The summed E-state index contributed by atoms with van der Waals surface area (Å²) < 4.78 is 27.2. The molecule has 2 aromatic carbocycles. The van der Waals surface area contributed by atoms with Crippen molar-refractivity contribution in [3.63, 3.8) is 0 Å². The molecule has 1 aliphatic heterocycles. The Balaban J connectivity index is 1.39. The first-order chi connectivity index (χ1) is 19.2. The van der Waals surface area contributed by atoms with Gasteiger partial charge in [-0.05, 0) is 65.0 Å². The number of rotatable bonds is 8. The molecule has 1 fully saturated rings. The van der Waals surface area contributed by atoms with Gasteiger partial charge in [0.05, 0.1) is 16.8 Å². The number of benzene rings is 2. The zero-order chi connectivity index (χ0) is 28.4. The number of thioether (sulfide) groups is 1. The summed E-state index contributed by atoms with van der Waals surface area (Å²) in [4.78, 5) is 47.2. The highest BCUT2D eigenvalue weighted by atomic mass is 32.2. The van der Waals surface area contributed by atoms with Gasteiger partial charge in [0.1, 0.15) is 10.4 Å². The van der Waals surface area contributed by atoms with Crippen molar-refractivity contribution in [3.05, 3.63) is 99.1 Å². The Hall–Kier alpha value is -4.20. The van der Waals surface area contributed by atoms with Crippen LogP contribution >= 0.6 is 35.3 Å². The van der Waals surface area contributed by atoms with Crippen molar-refractivity contribution in [2.24, 2.45) is 0 Å². The van der Waals surface area contributed by atoms with Crippen LogP contribution in [0.4, 0.5) is 14.5 Å². The summed E-state index contributed by atoms with van der Waals surface area (Å²) in [6.07, 6.45) is 4.74. The molecule has 4 aromatic rings. The molecule has 3 N–H and O–H groups in total. The predicted octanol–water partition coefficient (Wildman–Crippen LogP) is 5.57. The van der Waals surface area contributed by atoms with E-state index in [0.717, 1.165) is 23.9 Å². The van der Waals surface area contributed by atoms with E-state index in [4.69, 9.17) is 17.3 Å². The summed E-state index contributed by atoms with van der Waals surface area (Å²) >= 11 is 7.87. The number of carboxylic acid groups (broad SMARTS) is 1. The number of aromatic nitrogens is 2. The number of nitrogens with zero attached hydrogens (tertiary/aromatic N) is 2. The van der Waals surface area contributed by atoms with Crippen LogP contribution in [0.1, 0.15) is 20.9 Å². The third-order valence-electron chi connectivity index (χ3n) is 5.95. The number of thiophene rings is 1. The fourth-order valence-electron chi connectivity index (χ4n) is 3.96. The van der Waals surface area contributed by atoms with E-state index < -0.39 is 35.5 Å². The maximum Gasteiger partial charge on any atom is 0.335 e. The van der Waals surface area contributed by atoms with Gasteiger partial charge in [0.2, 0.25) is 5.91 Å². The fourth-order valence-corrected chi connectivity index (χ4v) is 6.23. The third-order valence-corrected chi connectivity index (χ3v) is 8.16. The molecule has 1 aliphatic rings. The number of anilines is 1. The van der Waals surface area contributed by atoms with Gasteiger partial charge in [-0.2, -0.15) is 0 Å². The minimum atomic E-state index is -1.10. The van der Waals surface area contributed by atoms with Crippen LogP contribution < -0.4 is 5.32 Å². The largest absolute Gasteiger partial charge is 0.478 e. The van der Waals surface area contributed by atoms with Gasteiger partial charge in [-0.3, -0.25) is 14.5 Å². The fraction of sp³-hybridized carbons (Fsp3) is 0.0741. The Kier molecular flexibility index (Phi) is 7.87. The molecule has 1 atom stereocenters. The molecule has 3 heterocycles. The number of hydrogen-bond donors (Lipinski definition) is 3. The lowest BCUT2D eigenvalue weighted by molar-refractivity contribution is -0.130. The number of carboxylic acids is 1. The quantitative estimate of drug-likeness (QED) is 0.180. The first-order valence-electron chi connectivity index (χ1n) is 11.6. The van der Waals surface area contributed by atoms with Crippen molar-refractivity contribution < 1.29 is 28.3 Å². The maximum atomic E-state index is 13.7. The minimum absolute atomic E-state index is 0.0652. The second-order valence-electron chi connectivity index (χ2n) is 8.59. The first-order valence-corrected chi connectivity index (χ1v) is 13.7. The van der Waals surface area contributed by atoms with E-state index in [9.17, 15) is 23.2 Å². The normalized spacial score (nSPS) is 15.1. The SMILES string of the molecule is O=C(O)c1ccc(NC(=O)[C@H](Cc2cnc[nH]2)N2C(=O)C(=Cc3cc(-c4ccc(F)c(F)c4)cs3)SC2=S)cc1. The second kappa shape index (κ2) is 11.5. The lowest BCUT2D eigenvalue weighted by Crippen LogP contribution is -2.47. The van der Waals surface area contributed by atoms with Gasteiger partial charge in [0.25, 0.3) is 5.91 Å². The number of carbonyl (C=O) groups excluding carboxylic acids is 2. The predicted molar refractivity (Wildman–Crippen MR) is 153 cm³/mol. The smallest absolute Gasteiger partial charge is 0.335 e. The molecule has 13 heteroatoms. The van der Waals surface area contributed by atoms with E-state index in [1.165, 1.54) is 52.9 Å². The minimum Gasteiger partial charge on any atom is -0.478 e. The van der Waals surface area contributed by atoms with Gasteiger partial charge >= 0.3 is 5.97 Å². The maximum absolute atomic E-state index is 13.7. The van der Waals surface area contributed by atoms with Crippen LogP contribution in [0.3, 0.4) is 0 Å². The summed E-state index contributed by atoms with van der Waals surface area (Å²) in [5, 5.41) is 13.6. The van der Waals surface area contributed by atoms with Crippen LogP contribution in [0.25, 0.3) is 17.2 Å². The Bertz CT molecular complexity index is 1650. The van der Waals surface area contributed by atoms with E-state index >= 15 is 0 Å². The van der Waals surface area contributed by atoms with Crippen molar-refractivity contribution >= 4 is 69.2 Å². The van der Waals surface area contributed by atoms with Crippen LogP contribution in [0.5, 0.6) is 0 Å². The highest BCUT2D eigenvalue weighted by molar-refractivity contribution is 8.26. The van der Waals surface area contributed by atoms with Crippen LogP contribution in [-0.2, 0) is 16.0 Å². The molecule has 0 spiro atoms. The average Bonchev–Trinajstić information content (AvgIpc) is 3.67. The Morgan fingerprint density at radius 1 is 1.12 bits per heavy atom. The van der Waals surface area contributed by atoms with Gasteiger partial charge in [-0.15, -0.1) is 11.3 Å². The van der Waals surface area contributed by atoms with Gasteiger partial charge in [-0.25, -0.2) is 18.6 Å². The summed E-state index contributed by atoms with van der Waals surface area (Å²) in [5.74, 6) is -3.97. The molecular formula is C27H18F2N4O4S3. The second-order valence-corrected chi connectivity index (χ2v) is 11.2. The molecule has 202 valence electrons. The number of carbonyl (C=O) groups is 3. The first kappa shape index (κ1) is 27.4. The highest BCUT2D eigenvalue weighted by Crippen LogP contribution is 2.37. The number of H-pyrrole nitrogens is 1. The molecule has 2 aromatic heterocycles. The van der Waals surface area contributed by atoms with E-state index in [1.807, 2.05) is 0 Å². The molecule has 0 radical (unpaired) electrons. The number of halogens is 2. The molecule has 0 saturated carbocycles. The molecule has 1 saturated heterocycles. The van der Waals surface area contributed by atoms with Gasteiger partial charge < -0.3 is 15.4 Å². The number of imidazole rings is 1. The average molecular weight is 597 g/mol. The molecular weight excluding hydrogens is 579 g/mol. The van der Waals surface area contributed by atoms with Gasteiger partial charge in [-0.1, -0.05) is 30.0 Å². The molecule has 0 unspecified atom stereocenters. The van der Waals surface area contributed by atoms with Crippen LogP contribution in [0.2, 0.25) is 0 Å². The van der Waals surface area contributed by atoms with Gasteiger partial charge in [0, 0.05) is 28.9 Å². The zero-order valence-corrected chi connectivity index (χ0v) is 22.7. The molecule has 2 amide bonds. The van der Waals surface area contributed by atoms with E-state index in [2.05, 4.69) is 15.3 Å². The summed E-state index contributed by atoms with van der Waals surface area (Å²) in [6, 6.07) is 9.99. The molecule has 5 rings (SSSR count). The number of hydrogen-bond acceptors (Lipinski definition) is 7. The monoisotopic (exact) mass is 596 g/mol. The number of thiocarbonyl (C=S) groups is 1. The van der Waals surface area contributed by atoms with Crippen molar-refractivity contribution in [1.29, 1.82) is 0 Å². The van der Waals surface area contributed by atoms with Crippen molar-refractivity contribution in [1.82, 2.24) is 14.9 Å². The van der Waals surface area contributed by atoms with Crippen molar-refractivity contribution in [2.75, 3.05) is 5.32 Å². The van der Waals surface area contributed by atoms with E-state index in [1.54, 1.807) is 23.7 Å². The van der Waals surface area contributed by atoms with Crippen LogP contribution in [-0.4, -0.2) is 48.1 Å². The summed E-state index contributed by atoms with van der Waals surface area (Å²) in [6.45, 7) is 0.